The van der Waals surface area contributed by atoms with Gasteiger partial charge in [0, 0.05) is 17.3 Å². The van der Waals surface area contributed by atoms with Crippen LogP contribution in [0, 0.1) is 19.8 Å². The van der Waals surface area contributed by atoms with Gasteiger partial charge in [-0.2, -0.15) is 4.98 Å². The molecule has 144 valence electrons. The lowest BCUT2D eigenvalue weighted by molar-refractivity contribution is -0.118. The maximum Gasteiger partial charge on any atom is 0.247 e. The summed E-state index contributed by atoms with van der Waals surface area (Å²) in [5, 5.41) is 2.90. The first-order valence-electron chi connectivity index (χ1n) is 9.00. The molecular weight excluding hydrogens is 344 g/mol. The second kappa shape index (κ2) is 7.38. The molecule has 0 aliphatic carbocycles. The zero-order valence-corrected chi connectivity index (χ0v) is 16.4. The smallest absolute Gasteiger partial charge is 0.247 e. The number of nitrogen functional groups attached to an aromatic ring is 1. The number of nitrogens with two attached hydrogens (primary N) is 1. The Morgan fingerprint density at radius 3 is 2.70 bits per heavy atom. The van der Waals surface area contributed by atoms with Crippen LogP contribution in [-0.2, 0) is 11.3 Å². The van der Waals surface area contributed by atoms with E-state index < -0.39 is 0 Å². The quantitative estimate of drug-likeness (QED) is 0.832. The molecule has 0 saturated heterocycles. The number of pyridine rings is 1. The second-order valence-electron chi connectivity index (χ2n) is 7.27. The summed E-state index contributed by atoms with van der Waals surface area (Å²) < 4.78 is 5.52. The molecule has 0 aromatic carbocycles. The van der Waals surface area contributed by atoms with Crippen LogP contribution in [0.5, 0.6) is 5.75 Å². The zero-order valence-electron chi connectivity index (χ0n) is 16.4. The van der Waals surface area contributed by atoms with E-state index in [4.69, 9.17) is 10.5 Å². The van der Waals surface area contributed by atoms with Gasteiger partial charge < -0.3 is 20.7 Å². The first-order valence-corrected chi connectivity index (χ1v) is 9.00. The summed E-state index contributed by atoms with van der Waals surface area (Å²) in [5.74, 6) is 1.87. The standard InChI is InChI=1S/C19H26N6O2/c1-10(2)6-15-18(26)23-13-8-22-19(20)24-17(13)25(15)9-14-12(4)16(27-5)11(3)7-21-14/h7-8,10,15H,6,9H2,1-5H3,(H,23,26)(H2,20,22,24)/t15-/m1/s1. The minimum absolute atomic E-state index is 0.0682. The van der Waals surface area contributed by atoms with Crippen molar-refractivity contribution < 1.29 is 9.53 Å². The molecule has 0 spiro atoms. The summed E-state index contributed by atoms with van der Waals surface area (Å²) in [7, 11) is 1.65. The Hall–Kier alpha value is -2.90. The lowest BCUT2D eigenvalue weighted by Gasteiger charge is -2.37. The summed E-state index contributed by atoms with van der Waals surface area (Å²) >= 11 is 0. The number of hydrogen-bond acceptors (Lipinski definition) is 7. The van der Waals surface area contributed by atoms with E-state index in [1.807, 2.05) is 18.7 Å². The van der Waals surface area contributed by atoms with Gasteiger partial charge in [-0.05, 0) is 26.2 Å². The van der Waals surface area contributed by atoms with Crippen LogP contribution < -0.4 is 20.7 Å². The van der Waals surface area contributed by atoms with E-state index in [1.165, 1.54) is 0 Å². The minimum atomic E-state index is -0.361. The van der Waals surface area contributed by atoms with Crippen LogP contribution in [0.4, 0.5) is 17.5 Å². The normalized spacial score (nSPS) is 16.3. The highest BCUT2D eigenvalue weighted by molar-refractivity contribution is 6.02. The molecule has 8 heteroatoms. The van der Waals surface area contributed by atoms with E-state index >= 15 is 0 Å². The van der Waals surface area contributed by atoms with Gasteiger partial charge in [-0.3, -0.25) is 9.78 Å². The molecule has 0 bridgehead atoms. The van der Waals surface area contributed by atoms with Gasteiger partial charge in [-0.25, -0.2) is 4.98 Å². The highest BCUT2D eigenvalue weighted by Gasteiger charge is 2.35. The van der Waals surface area contributed by atoms with Gasteiger partial charge in [0.2, 0.25) is 11.9 Å². The first kappa shape index (κ1) is 18.9. The van der Waals surface area contributed by atoms with Crippen molar-refractivity contribution in [2.45, 2.75) is 46.7 Å². The van der Waals surface area contributed by atoms with E-state index in [0.717, 1.165) is 22.6 Å². The molecule has 1 amide bonds. The number of nitrogens with one attached hydrogen (secondary N) is 1. The van der Waals surface area contributed by atoms with Gasteiger partial charge >= 0.3 is 0 Å². The fourth-order valence-corrected chi connectivity index (χ4v) is 3.46. The Balaban J connectivity index is 2.07. The van der Waals surface area contributed by atoms with Gasteiger partial charge in [-0.15, -0.1) is 0 Å². The maximum absolute atomic E-state index is 12.8. The second-order valence-corrected chi connectivity index (χ2v) is 7.27. The van der Waals surface area contributed by atoms with E-state index in [-0.39, 0.29) is 17.9 Å². The number of aromatic nitrogens is 3. The Bertz CT molecular complexity index is 868. The lowest BCUT2D eigenvalue weighted by Crippen LogP contribution is -2.49. The Kier molecular flexibility index (Phi) is 5.16. The van der Waals surface area contributed by atoms with Crippen LogP contribution in [0.15, 0.2) is 12.4 Å². The number of carbonyl (C=O) groups excluding carboxylic acids is 1. The number of methoxy groups -OCH3 is 1. The third-order valence-electron chi connectivity index (χ3n) is 4.76. The molecule has 2 aromatic heterocycles. The van der Waals surface area contributed by atoms with Crippen molar-refractivity contribution in [3.8, 4) is 5.75 Å². The molecule has 8 nitrogen and oxygen atoms in total. The third-order valence-corrected chi connectivity index (χ3v) is 4.76. The van der Waals surface area contributed by atoms with Crippen molar-refractivity contribution in [1.82, 2.24) is 15.0 Å². The summed E-state index contributed by atoms with van der Waals surface area (Å²) in [6, 6.07) is -0.361. The van der Waals surface area contributed by atoms with Crippen LogP contribution in [0.1, 0.15) is 37.1 Å². The Labute approximate surface area is 159 Å². The first-order chi connectivity index (χ1) is 12.8. The predicted octanol–water partition coefficient (Wildman–Crippen LogP) is 2.45. The molecular formula is C19H26N6O2. The number of anilines is 3. The lowest BCUT2D eigenvalue weighted by atomic mass is 9.99. The molecule has 27 heavy (non-hydrogen) atoms. The van der Waals surface area contributed by atoms with E-state index in [2.05, 4.69) is 34.1 Å². The average molecular weight is 370 g/mol. The summed E-state index contributed by atoms with van der Waals surface area (Å²) in [6.07, 6.45) is 4.03. The highest BCUT2D eigenvalue weighted by atomic mass is 16.5. The van der Waals surface area contributed by atoms with E-state index in [1.54, 1.807) is 19.5 Å². The number of nitrogens with zero attached hydrogens (tertiary/aromatic N) is 4. The fraction of sp³-hybridized carbons (Fsp3) is 0.474. The Morgan fingerprint density at radius 1 is 1.30 bits per heavy atom. The van der Waals surface area contributed by atoms with Crippen molar-refractivity contribution in [3.63, 3.8) is 0 Å². The molecule has 0 radical (unpaired) electrons. The van der Waals surface area contributed by atoms with Gasteiger partial charge in [-0.1, -0.05) is 13.8 Å². The highest BCUT2D eigenvalue weighted by Crippen LogP contribution is 2.34. The number of ether oxygens (including phenoxy) is 1. The molecule has 0 saturated carbocycles. The molecule has 3 rings (SSSR count). The van der Waals surface area contributed by atoms with Gasteiger partial charge in [0.15, 0.2) is 5.82 Å². The van der Waals surface area contributed by atoms with Crippen LogP contribution >= 0.6 is 0 Å². The van der Waals surface area contributed by atoms with Crippen molar-refractivity contribution in [3.05, 3.63) is 29.2 Å². The summed E-state index contributed by atoms with van der Waals surface area (Å²) in [6.45, 7) is 8.55. The van der Waals surface area contributed by atoms with Crippen molar-refractivity contribution >= 4 is 23.4 Å². The SMILES string of the molecule is COc1c(C)cnc(CN2c3nc(N)ncc3NC(=O)[C@H]2CC(C)C)c1C. The largest absolute Gasteiger partial charge is 0.496 e. The predicted molar refractivity (Wildman–Crippen MR) is 105 cm³/mol. The van der Waals surface area contributed by atoms with E-state index in [0.29, 0.717) is 30.4 Å². The van der Waals surface area contributed by atoms with Crippen LogP contribution in [0.25, 0.3) is 0 Å². The number of aryl methyl sites for hydroxylation is 1. The average Bonchev–Trinajstić information content (AvgIpc) is 2.60. The number of rotatable bonds is 5. The maximum atomic E-state index is 12.8. The molecule has 1 atom stereocenters. The van der Waals surface area contributed by atoms with Crippen LogP contribution in [-0.4, -0.2) is 34.0 Å². The molecule has 0 unspecified atom stereocenters. The number of hydrogen-bond donors (Lipinski definition) is 2. The molecule has 3 heterocycles. The fourth-order valence-electron chi connectivity index (χ4n) is 3.46. The molecule has 1 aliphatic rings. The molecule has 1 aliphatic heterocycles. The minimum Gasteiger partial charge on any atom is -0.496 e. The summed E-state index contributed by atoms with van der Waals surface area (Å²) in [4.78, 5) is 27.7. The number of fused-ring (bicyclic) bond motifs is 1. The molecule has 3 N–H and O–H groups in total. The summed E-state index contributed by atoms with van der Waals surface area (Å²) in [5.41, 5.74) is 9.14. The number of amides is 1. The molecule has 0 fully saturated rings. The van der Waals surface area contributed by atoms with Crippen LogP contribution in [0.3, 0.4) is 0 Å². The van der Waals surface area contributed by atoms with Crippen molar-refractivity contribution in [2.24, 2.45) is 5.92 Å². The van der Waals surface area contributed by atoms with Gasteiger partial charge in [0.25, 0.3) is 0 Å². The Morgan fingerprint density at radius 2 is 2.04 bits per heavy atom. The van der Waals surface area contributed by atoms with Crippen LogP contribution in [0.2, 0.25) is 0 Å². The molecule has 2 aromatic rings. The third kappa shape index (κ3) is 3.65. The van der Waals surface area contributed by atoms with E-state index in [9.17, 15) is 4.79 Å². The van der Waals surface area contributed by atoms with Gasteiger partial charge in [0.1, 0.15) is 17.5 Å². The zero-order chi connectivity index (χ0) is 19.7. The van der Waals surface area contributed by atoms with Gasteiger partial charge in [0.05, 0.1) is 25.5 Å². The monoisotopic (exact) mass is 370 g/mol. The topological polar surface area (TPSA) is 106 Å². The van der Waals surface area contributed by atoms with Crippen molar-refractivity contribution in [2.75, 3.05) is 23.1 Å². The van der Waals surface area contributed by atoms with Crippen molar-refractivity contribution in [1.29, 1.82) is 0 Å². The number of carbonyl (C=O) groups is 1.